The maximum Gasteiger partial charge on any atom is 0.308 e. The van der Waals surface area contributed by atoms with Crippen molar-refractivity contribution in [2.24, 2.45) is 11.7 Å². The van der Waals surface area contributed by atoms with Crippen molar-refractivity contribution >= 4 is 33.5 Å². The number of carbonyl (C=O) groups is 2. The Kier molecular flexibility index (Phi) is 3.56. The van der Waals surface area contributed by atoms with Gasteiger partial charge in [-0.05, 0) is 40.5 Å². The number of benzene rings is 1. The second kappa shape index (κ2) is 4.97. The lowest BCUT2D eigenvalue weighted by Gasteiger charge is -2.18. The molecule has 96 valence electrons. The van der Waals surface area contributed by atoms with Crippen molar-refractivity contribution in [3.8, 4) is 0 Å². The van der Waals surface area contributed by atoms with E-state index in [4.69, 9.17) is 10.8 Å². The molecule has 1 heterocycles. The quantitative estimate of drug-likeness (QED) is 0.885. The molecule has 1 fully saturated rings. The predicted molar refractivity (Wildman–Crippen MR) is 70.6 cm³/mol. The monoisotopic (exact) mass is 312 g/mol. The summed E-state index contributed by atoms with van der Waals surface area (Å²) in [5.41, 5.74) is 6.54. The van der Waals surface area contributed by atoms with Crippen molar-refractivity contribution in [1.29, 1.82) is 0 Å². The molecular formula is C12H13BrN2O3. The van der Waals surface area contributed by atoms with Gasteiger partial charge < -0.3 is 15.7 Å². The third kappa shape index (κ3) is 2.48. The van der Waals surface area contributed by atoms with Crippen LogP contribution in [-0.4, -0.2) is 30.1 Å². The molecule has 0 saturated carbocycles. The molecule has 3 N–H and O–H groups in total. The molecule has 0 aliphatic carbocycles. The highest BCUT2D eigenvalue weighted by Crippen LogP contribution is 2.28. The highest BCUT2D eigenvalue weighted by molar-refractivity contribution is 9.10. The van der Waals surface area contributed by atoms with E-state index in [-0.39, 0.29) is 5.92 Å². The minimum atomic E-state index is -0.759. The molecule has 0 bridgehead atoms. The van der Waals surface area contributed by atoms with E-state index >= 15 is 0 Å². The molecule has 1 atom stereocenters. The minimum absolute atomic E-state index is 0.320. The molecule has 1 amide bonds. The van der Waals surface area contributed by atoms with E-state index in [0.717, 1.165) is 5.69 Å². The van der Waals surface area contributed by atoms with Gasteiger partial charge in [0, 0.05) is 23.2 Å². The van der Waals surface area contributed by atoms with Crippen molar-refractivity contribution in [3.63, 3.8) is 0 Å². The van der Waals surface area contributed by atoms with Crippen LogP contribution in [0.2, 0.25) is 0 Å². The molecule has 1 aliphatic heterocycles. The SMILES string of the molecule is NC(=O)c1ccc(N2CCC(C(=O)O)C2)cc1Br. The van der Waals surface area contributed by atoms with Crippen molar-refractivity contribution in [2.45, 2.75) is 6.42 Å². The van der Waals surface area contributed by atoms with Gasteiger partial charge in [0.2, 0.25) is 5.91 Å². The molecule has 5 nitrogen and oxygen atoms in total. The van der Waals surface area contributed by atoms with Crippen LogP contribution >= 0.6 is 15.9 Å². The molecule has 0 aromatic heterocycles. The lowest BCUT2D eigenvalue weighted by molar-refractivity contribution is -0.140. The Morgan fingerprint density at radius 1 is 1.44 bits per heavy atom. The Bertz CT molecular complexity index is 504. The van der Waals surface area contributed by atoms with Crippen LogP contribution in [0, 0.1) is 5.92 Å². The summed E-state index contributed by atoms with van der Waals surface area (Å²) >= 11 is 3.30. The van der Waals surface area contributed by atoms with Crippen molar-refractivity contribution < 1.29 is 14.7 Å². The van der Waals surface area contributed by atoms with Crippen LogP contribution in [0.4, 0.5) is 5.69 Å². The maximum atomic E-state index is 11.1. The summed E-state index contributed by atoms with van der Waals surface area (Å²) in [6, 6.07) is 5.23. The fourth-order valence-corrected chi connectivity index (χ4v) is 2.66. The lowest BCUT2D eigenvalue weighted by Crippen LogP contribution is -2.22. The molecule has 1 aromatic rings. The molecule has 2 rings (SSSR count). The second-order valence-electron chi connectivity index (χ2n) is 4.30. The zero-order valence-corrected chi connectivity index (χ0v) is 11.2. The number of primary amides is 1. The van der Waals surface area contributed by atoms with Gasteiger partial charge in [0.1, 0.15) is 0 Å². The normalized spacial score (nSPS) is 18.9. The zero-order valence-electron chi connectivity index (χ0n) is 9.60. The minimum Gasteiger partial charge on any atom is -0.481 e. The van der Waals surface area contributed by atoms with Gasteiger partial charge in [-0.2, -0.15) is 0 Å². The number of amides is 1. The van der Waals surface area contributed by atoms with Crippen LogP contribution in [0.5, 0.6) is 0 Å². The first-order valence-corrected chi connectivity index (χ1v) is 6.35. The van der Waals surface area contributed by atoms with Gasteiger partial charge in [0.05, 0.1) is 11.5 Å². The van der Waals surface area contributed by atoms with E-state index < -0.39 is 11.9 Å². The van der Waals surface area contributed by atoms with Crippen LogP contribution in [0.3, 0.4) is 0 Å². The number of carbonyl (C=O) groups excluding carboxylic acids is 1. The average Bonchev–Trinajstić information content (AvgIpc) is 2.77. The van der Waals surface area contributed by atoms with Gasteiger partial charge in [-0.3, -0.25) is 9.59 Å². The summed E-state index contributed by atoms with van der Waals surface area (Å²) in [7, 11) is 0. The molecule has 1 saturated heterocycles. The third-order valence-corrected chi connectivity index (χ3v) is 3.78. The van der Waals surface area contributed by atoms with E-state index in [9.17, 15) is 9.59 Å². The number of carboxylic acid groups (broad SMARTS) is 1. The number of nitrogens with two attached hydrogens (primary N) is 1. The molecule has 0 radical (unpaired) electrons. The fourth-order valence-electron chi connectivity index (χ4n) is 2.10. The Morgan fingerprint density at radius 2 is 2.17 bits per heavy atom. The molecule has 1 aliphatic rings. The van der Waals surface area contributed by atoms with Crippen molar-refractivity contribution in [3.05, 3.63) is 28.2 Å². The van der Waals surface area contributed by atoms with Gasteiger partial charge >= 0.3 is 5.97 Å². The Balaban J connectivity index is 2.18. The van der Waals surface area contributed by atoms with E-state index in [1.165, 1.54) is 0 Å². The number of hydrogen-bond acceptors (Lipinski definition) is 3. The first-order chi connectivity index (χ1) is 8.49. The number of aliphatic carboxylic acids is 1. The van der Waals surface area contributed by atoms with Crippen LogP contribution < -0.4 is 10.6 Å². The Labute approximate surface area is 113 Å². The highest BCUT2D eigenvalue weighted by Gasteiger charge is 2.28. The number of rotatable bonds is 3. The summed E-state index contributed by atoms with van der Waals surface area (Å²) in [6.07, 6.45) is 0.643. The van der Waals surface area contributed by atoms with E-state index in [1.54, 1.807) is 18.2 Å². The molecule has 1 unspecified atom stereocenters. The second-order valence-corrected chi connectivity index (χ2v) is 5.15. The highest BCUT2D eigenvalue weighted by atomic mass is 79.9. The standard InChI is InChI=1S/C12H13BrN2O3/c13-10-5-8(1-2-9(10)11(14)16)15-4-3-7(6-15)12(17)18/h1-2,5,7H,3-4,6H2,(H2,14,16)(H,17,18). The average molecular weight is 313 g/mol. The van der Waals surface area contributed by atoms with Crippen LogP contribution in [0.1, 0.15) is 16.8 Å². The van der Waals surface area contributed by atoms with Gasteiger partial charge in [-0.1, -0.05) is 0 Å². The number of halogens is 1. The number of hydrogen-bond donors (Lipinski definition) is 2. The van der Waals surface area contributed by atoms with Crippen molar-refractivity contribution in [2.75, 3.05) is 18.0 Å². The summed E-state index contributed by atoms with van der Waals surface area (Å²) in [4.78, 5) is 24.0. The molecular weight excluding hydrogens is 300 g/mol. The Morgan fingerprint density at radius 3 is 2.67 bits per heavy atom. The van der Waals surface area contributed by atoms with Crippen LogP contribution in [-0.2, 0) is 4.79 Å². The first-order valence-electron chi connectivity index (χ1n) is 5.56. The van der Waals surface area contributed by atoms with Gasteiger partial charge in [0.25, 0.3) is 0 Å². The topological polar surface area (TPSA) is 83.6 Å². The predicted octanol–water partition coefficient (Wildman–Crippen LogP) is 1.46. The Hall–Kier alpha value is -1.56. The lowest BCUT2D eigenvalue weighted by atomic mass is 10.1. The largest absolute Gasteiger partial charge is 0.481 e. The fraction of sp³-hybridized carbons (Fsp3) is 0.333. The molecule has 1 aromatic carbocycles. The molecule has 0 spiro atoms. The zero-order chi connectivity index (χ0) is 13.3. The molecule has 18 heavy (non-hydrogen) atoms. The third-order valence-electron chi connectivity index (χ3n) is 3.12. The van der Waals surface area contributed by atoms with Crippen molar-refractivity contribution in [1.82, 2.24) is 0 Å². The van der Waals surface area contributed by atoms with Gasteiger partial charge in [-0.25, -0.2) is 0 Å². The summed E-state index contributed by atoms with van der Waals surface area (Å²) in [6.45, 7) is 1.21. The van der Waals surface area contributed by atoms with Gasteiger partial charge in [0.15, 0.2) is 0 Å². The summed E-state index contributed by atoms with van der Waals surface area (Å²) in [5.74, 6) is -1.57. The smallest absolute Gasteiger partial charge is 0.308 e. The number of anilines is 1. The van der Waals surface area contributed by atoms with E-state index in [1.807, 2.05) is 4.90 Å². The number of carboxylic acids is 1. The van der Waals surface area contributed by atoms with Gasteiger partial charge in [-0.15, -0.1) is 0 Å². The summed E-state index contributed by atoms with van der Waals surface area (Å²) < 4.78 is 0.631. The van der Waals surface area contributed by atoms with E-state index in [2.05, 4.69) is 15.9 Å². The maximum absolute atomic E-state index is 11.1. The molecule has 6 heteroatoms. The number of nitrogens with zero attached hydrogens (tertiary/aromatic N) is 1. The summed E-state index contributed by atoms with van der Waals surface area (Å²) in [5, 5.41) is 8.95. The van der Waals surface area contributed by atoms with Crippen LogP contribution in [0.25, 0.3) is 0 Å². The first kappa shape index (κ1) is 12.9. The van der Waals surface area contributed by atoms with Crippen LogP contribution in [0.15, 0.2) is 22.7 Å². The van der Waals surface area contributed by atoms with E-state index in [0.29, 0.717) is 29.5 Å².